The first kappa shape index (κ1) is 23.9. The lowest BCUT2D eigenvalue weighted by Gasteiger charge is -2.21. The van der Waals surface area contributed by atoms with Gasteiger partial charge in [-0.1, -0.05) is 71.3 Å². The van der Waals surface area contributed by atoms with Crippen molar-refractivity contribution in [1.29, 1.82) is 0 Å². The minimum atomic E-state index is -3.11. The number of unbranched alkanes of at least 4 members (excludes halogenated alkanes) is 7. The third kappa shape index (κ3) is 10.7. The van der Waals surface area contributed by atoms with Gasteiger partial charge in [-0.05, 0) is 39.5 Å². The first-order valence-corrected chi connectivity index (χ1v) is 11.6. The Morgan fingerprint density at radius 1 is 0.708 bits per heavy atom. The normalized spacial score (nSPS) is 13.2. The molecule has 0 amide bonds. The molecule has 0 aliphatic heterocycles. The summed E-state index contributed by atoms with van der Waals surface area (Å²) in [6.45, 7) is 11.5. The summed E-state index contributed by atoms with van der Waals surface area (Å²) in [5, 5.41) is 0.836. The molecule has 0 rings (SSSR count). The van der Waals surface area contributed by atoms with Gasteiger partial charge in [0.2, 0.25) is 0 Å². The molecule has 144 valence electrons. The molecular formula is C20H41O3P. The fraction of sp³-hybridized carbons (Fsp3) is 0.900. The van der Waals surface area contributed by atoms with E-state index in [1.165, 1.54) is 37.7 Å². The van der Waals surface area contributed by atoms with Gasteiger partial charge in [0.15, 0.2) is 0 Å². The largest absolute Gasteiger partial charge is 0.356 e. The quantitative estimate of drug-likeness (QED) is 0.207. The summed E-state index contributed by atoms with van der Waals surface area (Å²) in [7, 11) is -3.11. The standard InChI is InChI=1S/C20H41O3P/c1-6-9-12-13-14-15-16-19(4)20(5)24(21,22-17-10-7-2)23-18-11-8-3/h6-18H2,1-5H3/b20-19-. The van der Waals surface area contributed by atoms with Crippen LogP contribution >= 0.6 is 7.60 Å². The lowest BCUT2D eigenvalue weighted by molar-refractivity contribution is 0.205. The third-order valence-electron chi connectivity index (χ3n) is 4.45. The van der Waals surface area contributed by atoms with E-state index >= 15 is 0 Å². The minimum Gasteiger partial charge on any atom is -0.305 e. The smallest absolute Gasteiger partial charge is 0.305 e. The zero-order valence-electron chi connectivity index (χ0n) is 16.9. The number of allylic oxidation sites excluding steroid dienone is 2. The minimum absolute atomic E-state index is 0.515. The molecule has 3 nitrogen and oxygen atoms in total. The maximum atomic E-state index is 13.2. The van der Waals surface area contributed by atoms with Gasteiger partial charge < -0.3 is 9.05 Å². The van der Waals surface area contributed by atoms with Gasteiger partial charge in [-0.25, -0.2) is 0 Å². The van der Waals surface area contributed by atoms with Crippen LogP contribution in [0.15, 0.2) is 10.9 Å². The molecule has 0 bridgehead atoms. The third-order valence-corrected chi connectivity index (χ3v) is 6.70. The van der Waals surface area contributed by atoms with E-state index in [0.717, 1.165) is 43.8 Å². The van der Waals surface area contributed by atoms with Crippen LogP contribution in [-0.4, -0.2) is 13.2 Å². The predicted octanol–water partition coefficient (Wildman–Crippen LogP) is 7.86. The molecular weight excluding hydrogens is 319 g/mol. The topological polar surface area (TPSA) is 35.5 Å². The fourth-order valence-corrected chi connectivity index (χ4v) is 4.25. The Kier molecular flexibility index (Phi) is 15.1. The molecule has 0 aromatic carbocycles. The van der Waals surface area contributed by atoms with Crippen molar-refractivity contribution < 1.29 is 13.6 Å². The summed E-state index contributed by atoms with van der Waals surface area (Å²) in [6, 6.07) is 0. The average Bonchev–Trinajstić information content (AvgIpc) is 2.57. The second-order valence-electron chi connectivity index (χ2n) is 6.75. The van der Waals surface area contributed by atoms with Gasteiger partial charge in [0.25, 0.3) is 0 Å². The summed E-state index contributed by atoms with van der Waals surface area (Å²) in [5.41, 5.74) is 1.18. The van der Waals surface area contributed by atoms with E-state index < -0.39 is 7.60 Å². The summed E-state index contributed by atoms with van der Waals surface area (Å²) < 4.78 is 24.6. The lowest BCUT2D eigenvalue weighted by atomic mass is 10.1. The van der Waals surface area contributed by atoms with Crippen LogP contribution in [0.2, 0.25) is 0 Å². The highest BCUT2D eigenvalue weighted by Crippen LogP contribution is 2.57. The van der Waals surface area contributed by atoms with Crippen LogP contribution in [0.3, 0.4) is 0 Å². The molecule has 0 aliphatic rings. The van der Waals surface area contributed by atoms with Crippen LogP contribution in [-0.2, 0) is 13.6 Å². The molecule has 0 saturated heterocycles. The Bertz CT molecular complexity index is 363. The van der Waals surface area contributed by atoms with Crippen molar-refractivity contribution >= 4 is 7.60 Å². The van der Waals surface area contributed by atoms with Gasteiger partial charge in [0, 0.05) is 5.31 Å². The van der Waals surface area contributed by atoms with E-state index in [2.05, 4.69) is 27.7 Å². The van der Waals surface area contributed by atoms with Gasteiger partial charge in [-0.2, -0.15) is 0 Å². The van der Waals surface area contributed by atoms with E-state index in [4.69, 9.17) is 9.05 Å². The van der Waals surface area contributed by atoms with Crippen LogP contribution in [0.25, 0.3) is 0 Å². The van der Waals surface area contributed by atoms with E-state index in [1.807, 2.05) is 6.92 Å². The maximum Gasteiger partial charge on any atom is 0.356 e. The van der Waals surface area contributed by atoms with E-state index in [-0.39, 0.29) is 0 Å². The van der Waals surface area contributed by atoms with Crippen LogP contribution in [0, 0.1) is 0 Å². The molecule has 0 atom stereocenters. The van der Waals surface area contributed by atoms with Crippen molar-refractivity contribution in [2.45, 2.75) is 105 Å². The monoisotopic (exact) mass is 360 g/mol. The maximum absolute atomic E-state index is 13.2. The Balaban J connectivity index is 4.60. The van der Waals surface area contributed by atoms with Gasteiger partial charge in [0.05, 0.1) is 13.2 Å². The van der Waals surface area contributed by atoms with Gasteiger partial charge in [0.1, 0.15) is 0 Å². The van der Waals surface area contributed by atoms with E-state index in [0.29, 0.717) is 13.2 Å². The molecule has 0 fully saturated rings. The highest BCUT2D eigenvalue weighted by molar-refractivity contribution is 7.58. The molecule has 0 aliphatic carbocycles. The summed E-state index contributed by atoms with van der Waals surface area (Å²) >= 11 is 0. The molecule has 0 aromatic rings. The SMILES string of the molecule is CCCCCCCC/C(C)=C(/C)P(=O)(OCCCC)OCCCC. The second kappa shape index (κ2) is 15.2. The predicted molar refractivity (Wildman–Crippen MR) is 106 cm³/mol. The molecule has 0 heterocycles. The van der Waals surface area contributed by atoms with Crippen molar-refractivity contribution in [2.24, 2.45) is 0 Å². The van der Waals surface area contributed by atoms with Crippen LogP contribution in [0.4, 0.5) is 0 Å². The number of hydrogen-bond donors (Lipinski definition) is 0. The average molecular weight is 361 g/mol. The first-order valence-electron chi connectivity index (χ1n) is 10.1. The Morgan fingerprint density at radius 2 is 1.17 bits per heavy atom. The summed E-state index contributed by atoms with van der Waals surface area (Å²) in [5.74, 6) is 0. The molecule has 0 spiro atoms. The molecule has 0 N–H and O–H groups in total. The van der Waals surface area contributed by atoms with Crippen LogP contribution in [0.5, 0.6) is 0 Å². The van der Waals surface area contributed by atoms with Crippen molar-refractivity contribution in [3.05, 3.63) is 10.9 Å². The molecule has 4 heteroatoms. The fourth-order valence-electron chi connectivity index (χ4n) is 2.47. The Hall–Kier alpha value is -0.110. The van der Waals surface area contributed by atoms with Gasteiger partial charge in [-0.3, -0.25) is 4.57 Å². The molecule has 0 radical (unpaired) electrons. The van der Waals surface area contributed by atoms with Crippen LogP contribution < -0.4 is 0 Å². The molecule has 0 unspecified atom stereocenters. The highest BCUT2D eigenvalue weighted by atomic mass is 31.2. The van der Waals surface area contributed by atoms with Gasteiger partial charge in [-0.15, -0.1) is 0 Å². The summed E-state index contributed by atoms with van der Waals surface area (Å²) in [6.07, 6.45) is 12.6. The molecule has 0 aromatic heterocycles. The molecule has 24 heavy (non-hydrogen) atoms. The number of hydrogen-bond acceptors (Lipinski definition) is 3. The zero-order valence-corrected chi connectivity index (χ0v) is 17.8. The van der Waals surface area contributed by atoms with Crippen molar-refractivity contribution in [1.82, 2.24) is 0 Å². The second-order valence-corrected chi connectivity index (χ2v) is 8.94. The Labute approximate surface area is 151 Å². The van der Waals surface area contributed by atoms with Crippen LogP contribution in [0.1, 0.15) is 105 Å². The van der Waals surface area contributed by atoms with Gasteiger partial charge >= 0.3 is 7.60 Å². The number of rotatable bonds is 16. The van der Waals surface area contributed by atoms with Crippen molar-refractivity contribution in [3.8, 4) is 0 Å². The first-order chi connectivity index (χ1) is 11.5. The lowest BCUT2D eigenvalue weighted by Crippen LogP contribution is -2.02. The highest BCUT2D eigenvalue weighted by Gasteiger charge is 2.28. The summed E-state index contributed by atoms with van der Waals surface area (Å²) in [4.78, 5) is 0. The van der Waals surface area contributed by atoms with Crippen molar-refractivity contribution in [3.63, 3.8) is 0 Å². The van der Waals surface area contributed by atoms with Crippen molar-refractivity contribution in [2.75, 3.05) is 13.2 Å². The van der Waals surface area contributed by atoms with E-state index in [9.17, 15) is 4.57 Å². The Morgan fingerprint density at radius 3 is 1.67 bits per heavy atom. The molecule has 0 saturated carbocycles. The van der Waals surface area contributed by atoms with E-state index in [1.54, 1.807) is 0 Å². The zero-order chi connectivity index (χ0) is 18.3.